The van der Waals surface area contributed by atoms with Gasteiger partial charge in [0.1, 0.15) is 0 Å². The first kappa shape index (κ1) is 10.7. The van der Waals surface area contributed by atoms with Crippen LogP contribution in [0.3, 0.4) is 0 Å². The van der Waals surface area contributed by atoms with Crippen LogP contribution in [-0.2, 0) is 0 Å². The standard InChI is InChI=1S/C13H11NOS2/c1-14(2)13(15)11-7-10-12(17-11)8-5-3-4-6-9(8)16-10/h3-7H,1-2H3. The van der Waals surface area contributed by atoms with Gasteiger partial charge in [-0.05, 0) is 12.1 Å². The van der Waals surface area contributed by atoms with E-state index in [0.29, 0.717) is 0 Å². The zero-order valence-corrected chi connectivity index (χ0v) is 11.2. The Hall–Kier alpha value is -1.39. The highest BCUT2D eigenvalue weighted by Gasteiger charge is 2.15. The Kier molecular flexibility index (Phi) is 2.42. The first-order valence-corrected chi connectivity index (χ1v) is 6.93. The Labute approximate surface area is 107 Å². The molecule has 0 unspecified atom stereocenters. The molecular weight excluding hydrogens is 250 g/mol. The van der Waals surface area contributed by atoms with Crippen LogP contribution in [-0.4, -0.2) is 24.9 Å². The second-order valence-corrected chi connectivity index (χ2v) is 6.24. The van der Waals surface area contributed by atoms with Crippen molar-refractivity contribution in [1.82, 2.24) is 4.90 Å². The van der Waals surface area contributed by atoms with E-state index in [4.69, 9.17) is 0 Å². The van der Waals surface area contributed by atoms with Crippen molar-refractivity contribution in [3.8, 4) is 0 Å². The van der Waals surface area contributed by atoms with Gasteiger partial charge >= 0.3 is 0 Å². The Morgan fingerprint density at radius 3 is 2.65 bits per heavy atom. The van der Waals surface area contributed by atoms with E-state index in [0.717, 1.165) is 4.88 Å². The van der Waals surface area contributed by atoms with Gasteiger partial charge in [0.15, 0.2) is 0 Å². The first-order chi connectivity index (χ1) is 8.16. The molecule has 0 atom stereocenters. The van der Waals surface area contributed by atoms with Crippen molar-refractivity contribution >= 4 is 48.1 Å². The second-order valence-electron chi connectivity index (χ2n) is 4.10. The summed E-state index contributed by atoms with van der Waals surface area (Å²) in [5, 5.41) is 1.26. The van der Waals surface area contributed by atoms with E-state index >= 15 is 0 Å². The molecule has 0 bridgehead atoms. The summed E-state index contributed by atoms with van der Waals surface area (Å²) < 4.78 is 3.73. The molecule has 0 fully saturated rings. The van der Waals surface area contributed by atoms with Gasteiger partial charge in [-0.1, -0.05) is 18.2 Å². The van der Waals surface area contributed by atoms with Crippen LogP contribution in [0.4, 0.5) is 0 Å². The highest BCUT2D eigenvalue weighted by atomic mass is 32.1. The average molecular weight is 261 g/mol. The molecule has 2 nitrogen and oxygen atoms in total. The van der Waals surface area contributed by atoms with E-state index < -0.39 is 0 Å². The summed E-state index contributed by atoms with van der Waals surface area (Å²) in [4.78, 5) is 14.3. The molecule has 0 saturated carbocycles. The molecule has 0 aliphatic heterocycles. The molecule has 3 aromatic rings. The highest BCUT2D eigenvalue weighted by Crippen LogP contribution is 2.39. The van der Waals surface area contributed by atoms with Crippen molar-refractivity contribution in [3.05, 3.63) is 35.2 Å². The van der Waals surface area contributed by atoms with E-state index in [1.54, 1.807) is 41.7 Å². The van der Waals surface area contributed by atoms with Crippen molar-refractivity contribution in [2.75, 3.05) is 14.1 Å². The van der Waals surface area contributed by atoms with Crippen molar-refractivity contribution in [2.45, 2.75) is 0 Å². The molecule has 86 valence electrons. The molecule has 2 heterocycles. The van der Waals surface area contributed by atoms with Crippen molar-refractivity contribution in [2.24, 2.45) is 0 Å². The number of hydrogen-bond donors (Lipinski definition) is 0. The summed E-state index contributed by atoms with van der Waals surface area (Å²) in [6.45, 7) is 0. The normalized spacial score (nSPS) is 11.2. The van der Waals surface area contributed by atoms with Crippen LogP contribution >= 0.6 is 22.7 Å². The topological polar surface area (TPSA) is 20.3 Å². The number of hydrogen-bond acceptors (Lipinski definition) is 3. The predicted molar refractivity (Wildman–Crippen MR) is 75.2 cm³/mol. The minimum Gasteiger partial charge on any atom is -0.344 e. The number of nitrogens with zero attached hydrogens (tertiary/aromatic N) is 1. The molecule has 1 aromatic carbocycles. The lowest BCUT2D eigenvalue weighted by Crippen LogP contribution is -2.20. The number of thiophene rings is 2. The fourth-order valence-corrected chi connectivity index (χ4v) is 4.37. The van der Waals surface area contributed by atoms with Crippen molar-refractivity contribution in [3.63, 3.8) is 0 Å². The maximum Gasteiger partial charge on any atom is 0.263 e. The van der Waals surface area contributed by atoms with Crippen molar-refractivity contribution in [1.29, 1.82) is 0 Å². The summed E-state index contributed by atoms with van der Waals surface area (Å²) in [6, 6.07) is 10.3. The van der Waals surface area contributed by atoms with Crippen LogP contribution in [0.5, 0.6) is 0 Å². The van der Waals surface area contributed by atoms with Gasteiger partial charge in [0.05, 0.1) is 9.58 Å². The van der Waals surface area contributed by atoms with Gasteiger partial charge in [0, 0.05) is 28.9 Å². The number of benzene rings is 1. The number of carbonyl (C=O) groups excluding carboxylic acids is 1. The Morgan fingerprint density at radius 1 is 1.12 bits per heavy atom. The molecule has 0 radical (unpaired) electrons. The summed E-state index contributed by atoms with van der Waals surface area (Å²) in [6.07, 6.45) is 0. The molecular formula is C13H11NOS2. The summed E-state index contributed by atoms with van der Waals surface area (Å²) in [5.74, 6) is 0.0856. The van der Waals surface area contributed by atoms with Gasteiger partial charge in [-0.15, -0.1) is 22.7 Å². The summed E-state index contributed by atoms with van der Waals surface area (Å²) >= 11 is 3.34. The minimum atomic E-state index is 0.0856. The lowest BCUT2D eigenvalue weighted by atomic mass is 10.2. The number of fused-ring (bicyclic) bond motifs is 3. The van der Waals surface area contributed by atoms with Crippen LogP contribution in [0.25, 0.3) is 19.5 Å². The van der Waals surface area contributed by atoms with Crippen LogP contribution < -0.4 is 0 Å². The number of rotatable bonds is 1. The molecule has 3 rings (SSSR count). The lowest BCUT2D eigenvalue weighted by molar-refractivity contribution is 0.0832. The first-order valence-electron chi connectivity index (χ1n) is 5.29. The maximum absolute atomic E-state index is 11.9. The van der Waals surface area contributed by atoms with Gasteiger partial charge in [-0.3, -0.25) is 4.79 Å². The quantitative estimate of drug-likeness (QED) is 0.652. The third-order valence-electron chi connectivity index (χ3n) is 2.67. The molecule has 0 spiro atoms. The largest absolute Gasteiger partial charge is 0.344 e. The maximum atomic E-state index is 11.9. The van der Waals surface area contributed by atoms with Gasteiger partial charge in [-0.2, -0.15) is 0 Å². The third kappa shape index (κ3) is 1.64. The van der Waals surface area contributed by atoms with E-state index in [1.165, 1.54) is 19.5 Å². The van der Waals surface area contributed by atoms with Crippen molar-refractivity contribution < 1.29 is 4.79 Å². The second kappa shape index (κ2) is 3.82. The Balaban J connectivity index is 2.23. The fraction of sp³-hybridized carbons (Fsp3) is 0.154. The average Bonchev–Trinajstić information content (AvgIpc) is 2.84. The molecule has 2 aromatic heterocycles. The van der Waals surface area contributed by atoms with Crippen LogP contribution in [0, 0.1) is 0 Å². The molecule has 0 aliphatic rings. The summed E-state index contributed by atoms with van der Waals surface area (Å²) in [5.41, 5.74) is 0. The zero-order chi connectivity index (χ0) is 12.0. The minimum absolute atomic E-state index is 0.0856. The molecule has 0 saturated heterocycles. The lowest BCUT2D eigenvalue weighted by Gasteiger charge is -2.06. The third-order valence-corrected chi connectivity index (χ3v) is 5.07. The predicted octanol–water partition coefficient (Wildman–Crippen LogP) is 3.82. The molecule has 17 heavy (non-hydrogen) atoms. The number of amides is 1. The van der Waals surface area contributed by atoms with Crippen LogP contribution in [0.2, 0.25) is 0 Å². The Morgan fingerprint density at radius 2 is 1.88 bits per heavy atom. The molecule has 0 aliphatic carbocycles. The van der Waals surface area contributed by atoms with Gasteiger partial charge in [0.25, 0.3) is 5.91 Å². The SMILES string of the molecule is CN(C)C(=O)c1cc2sc3ccccc3c2s1. The zero-order valence-electron chi connectivity index (χ0n) is 9.56. The smallest absolute Gasteiger partial charge is 0.263 e. The Bertz CT molecular complexity index is 708. The molecule has 4 heteroatoms. The fourth-order valence-electron chi connectivity index (χ4n) is 1.83. The van der Waals surface area contributed by atoms with Gasteiger partial charge < -0.3 is 4.90 Å². The van der Waals surface area contributed by atoms with Gasteiger partial charge in [-0.25, -0.2) is 0 Å². The van der Waals surface area contributed by atoms with E-state index in [-0.39, 0.29) is 5.91 Å². The molecule has 1 amide bonds. The van der Waals surface area contributed by atoms with E-state index in [9.17, 15) is 4.79 Å². The van der Waals surface area contributed by atoms with Gasteiger partial charge in [0.2, 0.25) is 0 Å². The summed E-state index contributed by atoms with van der Waals surface area (Å²) in [7, 11) is 3.57. The van der Waals surface area contributed by atoms with E-state index in [1.807, 2.05) is 18.2 Å². The van der Waals surface area contributed by atoms with E-state index in [2.05, 4.69) is 12.1 Å². The van der Waals surface area contributed by atoms with Crippen LogP contribution in [0.15, 0.2) is 30.3 Å². The van der Waals surface area contributed by atoms with Crippen LogP contribution in [0.1, 0.15) is 9.67 Å². The monoisotopic (exact) mass is 261 g/mol. The number of carbonyl (C=O) groups is 1. The molecule has 0 N–H and O–H groups in total. The highest BCUT2D eigenvalue weighted by molar-refractivity contribution is 7.33.